The van der Waals surface area contributed by atoms with Crippen molar-refractivity contribution in [2.45, 2.75) is 38.1 Å². The van der Waals surface area contributed by atoms with E-state index in [-0.39, 0.29) is 11.3 Å². The third-order valence-electron chi connectivity index (χ3n) is 4.90. The standard InChI is InChI=1S/C24H25ClN2O3S/c1-16-13-17(2)23(18(3)14-16)31(29,30)27-22(15-19-9-5-4-6-10-19)24(28)26-21-12-8-7-11-20(21)25/h4-14,22,27H,15H2,1-3H3,(H,26,28). The van der Waals surface area contributed by atoms with Gasteiger partial charge in [0.25, 0.3) is 0 Å². The minimum Gasteiger partial charge on any atom is -0.323 e. The molecule has 0 aromatic heterocycles. The third kappa shape index (κ3) is 5.73. The molecule has 0 aliphatic rings. The van der Waals surface area contributed by atoms with Crippen LogP contribution < -0.4 is 10.0 Å². The molecule has 0 heterocycles. The van der Waals surface area contributed by atoms with Gasteiger partial charge < -0.3 is 5.32 Å². The van der Waals surface area contributed by atoms with Gasteiger partial charge >= 0.3 is 0 Å². The summed E-state index contributed by atoms with van der Waals surface area (Å²) in [6.07, 6.45) is 0.195. The monoisotopic (exact) mass is 456 g/mol. The van der Waals surface area contributed by atoms with Crippen LogP contribution in [0.15, 0.2) is 71.6 Å². The van der Waals surface area contributed by atoms with Crippen molar-refractivity contribution in [1.82, 2.24) is 4.72 Å². The van der Waals surface area contributed by atoms with E-state index >= 15 is 0 Å². The Balaban J connectivity index is 1.94. The second-order valence-corrected chi connectivity index (χ2v) is 9.62. The first kappa shape index (κ1) is 23.0. The molecule has 0 radical (unpaired) electrons. The van der Waals surface area contributed by atoms with Gasteiger partial charge in [-0.25, -0.2) is 8.42 Å². The maximum atomic E-state index is 13.3. The van der Waals surface area contributed by atoms with Gasteiger partial charge in [0.05, 0.1) is 15.6 Å². The fourth-order valence-corrected chi connectivity index (χ4v) is 5.49. The van der Waals surface area contributed by atoms with E-state index in [0.29, 0.717) is 21.8 Å². The maximum absolute atomic E-state index is 13.3. The van der Waals surface area contributed by atoms with Gasteiger partial charge in [0.15, 0.2) is 0 Å². The Labute approximate surface area is 188 Å². The summed E-state index contributed by atoms with van der Waals surface area (Å²) < 4.78 is 29.2. The number of carbonyl (C=O) groups is 1. The van der Waals surface area contributed by atoms with Gasteiger partial charge in [-0.3, -0.25) is 4.79 Å². The summed E-state index contributed by atoms with van der Waals surface area (Å²) in [5, 5.41) is 3.12. The second-order valence-electron chi connectivity index (χ2n) is 7.56. The predicted octanol–water partition coefficient (Wildman–Crippen LogP) is 4.79. The number of carbonyl (C=O) groups excluding carboxylic acids is 1. The number of halogens is 1. The topological polar surface area (TPSA) is 75.3 Å². The SMILES string of the molecule is Cc1cc(C)c(S(=O)(=O)NC(Cc2ccccc2)C(=O)Nc2ccccc2Cl)c(C)c1. The zero-order chi connectivity index (χ0) is 22.6. The summed E-state index contributed by atoms with van der Waals surface area (Å²) in [5.41, 5.74) is 3.51. The molecule has 0 saturated heterocycles. The minimum absolute atomic E-state index is 0.195. The Bertz CT molecular complexity index is 1170. The first-order valence-electron chi connectivity index (χ1n) is 9.87. The molecule has 3 aromatic carbocycles. The number of para-hydroxylation sites is 1. The molecule has 0 aliphatic carbocycles. The average molecular weight is 457 g/mol. The highest BCUT2D eigenvalue weighted by Gasteiger charge is 2.28. The van der Waals surface area contributed by atoms with Crippen LogP contribution in [0.3, 0.4) is 0 Å². The predicted molar refractivity (Wildman–Crippen MR) is 125 cm³/mol. The van der Waals surface area contributed by atoms with Gasteiger partial charge in [-0.2, -0.15) is 4.72 Å². The van der Waals surface area contributed by atoms with Crippen LogP contribution in [0.5, 0.6) is 0 Å². The molecule has 162 valence electrons. The molecule has 5 nitrogen and oxygen atoms in total. The van der Waals surface area contributed by atoms with Crippen LogP contribution in [0.25, 0.3) is 0 Å². The fraction of sp³-hybridized carbons (Fsp3) is 0.208. The number of aryl methyl sites for hydroxylation is 3. The lowest BCUT2D eigenvalue weighted by molar-refractivity contribution is -0.117. The zero-order valence-corrected chi connectivity index (χ0v) is 19.2. The zero-order valence-electron chi connectivity index (χ0n) is 17.6. The normalized spacial score (nSPS) is 12.4. The summed E-state index contributed by atoms with van der Waals surface area (Å²) in [7, 11) is -3.95. The average Bonchev–Trinajstić information content (AvgIpc) is 2.68. The van der Waals surface area contributed by atoms with Crippen LogP contribution in [0.2, 0.25) is 5.02 Å². The molecule has 2 N–H and O–H groups in total. The highest BCUT2D eigenvalue weighted by molar-refractivity contribution is 7.89. The van der Waals surface area contributed by atoms with E-state index in [1.165, 1.54) is 0 Å². The van der Waals surface area contributed by atoms with Crippen molar-refractivity contribution in [3.63, 3.8) is 0 Å². The van der Waals surface area contributed by atoms with E-state index < -0.39 is 22.0 Å². The highest BCUT2D eigenvalue weighted by Crippen LogP contribution is 2.24. The molecule has 0 spiro atoms. The molecule has 0 bridgehead atoms. The Kier molecular flexibility index (Phi) is 7.15. The Morgan fingerprint density at radius 1 is 0.935 bits per heavy atom. The van der Waals surface area contributed by atoms with Crippen LogP contribution in [0.1, 0.15) is 22.3 Å². The first-order valence-corrected chi connectivity index (χ1v) is 11.7. The number of hydrogen-bond acceptors (Lipinski definition) is 3. The van der Waals surface area contributed by atoms with Crippen LogP contribution in [-0.4, -0.2) is 20.4 Å². The van der Waals surface area contributed by atoms with Crippen molar-refractivity contribution in [3.05, 3.63) is 94.0 Å². The van der Waals surface area contributed by atoms with E-state index in [2.05, 4.69) is 10.0 Å². The summed E-state index contributed by atoms with van der Waals surface area (Å²) in [6, 6.07) is 18.7. The van der Waals surface area contributed by atoms with Crippen LogP contribution >= 0.6 is 11.6 Å². The number of amides is 1. The number of benzene rings is 3. The van der Waals surface area contributed by atoms with Gasteiger partial charge in [0, 0.05) is 0 Å². The van der Waals surface area contributed by atoms with Gasteiger partial charge in [-0.05, 0) is 56.0 Å². The van der Waals surface area contributed by atoms with E-state index in [9.17, 15) is 13.2 Å². The van der Waals surface area contributed by atoms with E-state index in [0.717, 1.165) is 11.1 Å². The molecule has 7 heteroatoms. The Morgan fingerprint density at radius 2 is 1.52 bits per heavy atom. The lowest BCUT2D eigenvalue weighted by atomic mass is 10.1. The summed E-state index contributed by atoms with van der Waals surface area (Å²) in [4.78, 5) is 13.3. The number of sulfonamides is 1. The Morgan fingerprint density at radius 3 is 2.13 bits per heavy atom. The van der Waals surface area contributed by atoms with E-state index in [4.69, 9.17) is 11.6 Å². The number of anilines is 1. The maximum Gasteiger partial charge on any atom is 0.242 e. The molecule has 0 aliphatic heterocycles. The smallest absolute Gasteiger partial charge is 0.242 e. The summed E-state index contributed by atoms with van der Waals surface area (Å²) in [6.45, 7) is 5.42. The second kappa shape index (κ2) is 9.64. The lowest BCUT2D eigenvalue weighted by Crippen LogP contribution is -2.45. The molecule has 3 rings (SSSR count). The number of hydrogen-bond donors (Lipinski definition) is 2. The fourth-order valence-electron chi connectivity index (χ4n) is 3.66. The summed E-state index contributed by atoms with van der Waals surface area (Å²) >= 11 is 6.17. The van der Waals surface area contributed by atoms with Crippen molar-refractivity contribution in [3.8, 4) is 0 Å². The molecule has 1 atom stereocenters. The van der Waals surface area contributed by atoms with Crippen molar-refractivity contribution < 1.29 is 13.2 Å². The molecular weight excluding hydrogens is 432 g/mol. The van der Waals surface area contributed by atoms with Crippen molar-refractivity contribution in [2.24, 2.45) is 0 Å². The minimum atomic E-state index is -3.95. The van der Waals surface area contributed by atoms with Crippen LogP contribution in [0, 0.1) is 20.8 Å². The first-order chi connectivity index (χ1) is 14.7. The molecule has 3 aromatic rings. The molecule has 1 unspecified atom stereocenters. The quantitative estimate of drug-likeness (QED) is 0.536. The van der Waals surface area contributed by atoms with Crippen LogP contribution in [-0.2, 0) is 21.2 Å². The van der Waals surface area contributed by atoms with Gasteiger partial charge in [0.1, 0.15) is 6.04 Å². The van der Waals surface area contributed by atoms with E-state index in [1.54, 1.807) is 38.1 Å². The van der Waals surface area contributed by atoms with Crippen molar-refractivity contribution >= 4 is 33.2 Å². The molecule has 0 saturated carbocycles. The lowest BCUT2D eigenvalue weighted by Gasteiger charge is -2.21. The van der Waals surface area contributed by atoms with Gasteiger partial charge in [-0.15, -0.1) is 0 Å². The molecule has 0 fully saturated rings. The van der Waals surface area contributed by atoms with Crippen molar-refractivity contribution in [2.75, 3.05) is 5.32 Å². The third-order valence-corrected chi connectivity index (χ3v) is 7.01. The van der Waals surface area contributed by atoms with Crippen LogP contribution in [0.4, 0.5) is 5.69 Å². The molecular formula is C24H25ClN2O3S. The Hall–Kier alpha value is -2.67. The van der Waals surface area contributed by atoms with E-state index in [1.807, 2.05) is 49.4 Å². The summed E-state index contributed by atoms with van der Waals surface area (Å²) in [5.74, 6) is -0.483. The number of rotatable bonds is 7. The van der Waals surface area contributed by atoms with Crippen molar-refractivity contribution in [1.29, 1.82) is 0 Å². The molecule has 1 amide bonds. The molecule has 31 heavy (non-hydrogen) atoms. The van der Waals surface area contributed by atoms with Gasteiger partial charge in [0.2, 0.25) is 15.9 Å². The highest BCUT2D eigenvalue weighted by atomic mass is 35.5. The number of nitrogens with one attached hydrogen (secondary N) is 2. The largest absolute Gasteiger partial charge is 0.323 e. The van der Waals surface area contributed by atoms with Gasteiger partial charge in [-0.1, -0.05) is 71.8 Å².